The highest BCUT2D eigenvalue weighted by Crippen LogP contribution is 2.24. The smallest absolute Gasteiger partial charge is 0.225 e. The molecule has 24 heavy (non-hydrogen) atoms. The van der Waals surface area contributed by atoms with Gasteiger partial charge in [-0.15, -0.1) is 0 Å². The minimum atomic E-state index is -0.233. The number of nitrogens with one attached hydrogen (secondary N) is 1. The summed E-state index contributed by atoms with van der Waals surface area (Å²) < 4.78 is 0. The second-order valence-corrected chi connectivity index (χ2v) is 7.37. The molecule has 0 spiro atoms. The first-order valence-corrected chi connectivity index (χ1v) is 9.33. The van der Waals surface area contributed by atoms with Gasteiger partial charge in [-0.3, -0.25) is 9.59 Å². The Hall–Kier alpha value is -1.55. The fourth-order valence-electron chi connectivity index (χ4n) is 3.68. The van der Waals surface area contributed by atoms with E-state index >= 15 is 0 Å². The highest BCUT2D eigenvalue weighted by molar-refractivity contribution is 6.31. The third-order valence-corrected chi connectivity index (χ3v) is 5.47. The molecule has 1 atom stereocenters. The molecule has 0 aromatic heterocycles. The zero-order chi connectivity index (χ0) is 16.9. The Morgan fingerprint density at radius 1 is 1.17 bits per heavy atom. The first-order valence-electron chi connectivity index (χ1n) is 8.95. The lowest BCUT2D eigenvalue weighted by molar-refractivity contribution is -0.129. The summed E-state index contributed by atoms with van der Waals surface area (Å²) in [5.41, 5.74) is 0.928. The monoisotopic (exact) mass is 348 g/mol. The van der Waals surface area contributed by atoms with Crippen LogP contribution >= 0.6 is 11.6 Å². The van der Waals surface area contributed by atoms with Crippen molar-refractivity contribution < 1.29 is 9.59 Å². The summed E-state index contributed by atoms with van der Waals surface area (Å²) in [4.78, 5) is 26.5. The number of carbonyl (C=O) groups is 2. The molecule has 130 valence electrons. The summed E-state index contributed by atoms with van der Waals surface area (Å²) in [7, 11) is 0. The van der Waals surface area contributed by atoms with Crippen molar-refractivity contribution in [1.82, 2.24) is 10.2 Å². The maximum absolute atomic E-state index is 12.5. The van der Waals surface area contributed by atoms with E-state index in [0.29, 0.717) is 24.5 Å². The number of halogens is 1. The van der Waals surface area contributed by atoms with Crippen molar-refractivity contribution in [2.24, 2.45) is 5.92 Å². The fourth-order valence-corrected chi connectivity index (χ4v) is 3.87. The first kappa shape index (κ1) is 17.3. The second kappa shape index (κ2) is 8.02. The third-order valence-electron chi connectivity index (χ3n) is 5.11. The van der Waals surface area contributed by atoms with Crippen molar-refractivity contribution in [2.45, 2.75) is 57.5 Å². The number of likely N-dealkylation sites (tertiary alicyclic amines) is 1. The molecular weight excluding hydrogens is 324 g/mol. The molecule has 1 heterocycles. The molecule has 3 rings (SSSR count). The van der Waals surface area contributed by atoms with Gasteiger partial charge in [0, 0.05) is 30.6 Å². The topological polar surface area (TPSA) is 49.4 Å². The number of nitrogens with zero attached hydrogens (tertiary/aromatic N) is 1. The van der Waals surface area contributed by atoms with Crippen molar-refractivity contribution in [3.63, 3.8) is 0 Å². The van der Waals surface area contributed by atoms with Crippen LogP contribution in [0.1, 0.15) is 50.5 Å². The van der Waals surface area contributed by atoms with Crippen LogP contribution in [0.25, 0.3) is 0 Å². The Balaban J connectivity index is 1.55. The van der Waals surface area contributed by atoms with Crippen molar-refractivity contribution >= 4 is 23.4 Å². The molecular formula is C19H25ClN2O2. The minimum absolute atomic E-state index is 0.0379. The zero-order valence-corrected chi connectivity index (χ0v) is 14.7. The van der Waals surface area contributed by atoms with Crippen LogP contribution < -0.4 is 5.32 Å². The van der Waals surface area contributed by atoms with Gasteiger partial charge in [0.2, 0.25) is 11.8 Å². The molecule has 2 fully saturated rings. The standard InChI is InChI=1S/C19H25ClN2O2/c20-17-10-6-5-7-14(17)12-22-13-15(11-18(22)23)19(24)21-16-8-3-1-2-4-9-16/h5-7,10,15-16H,1-4,8-9,11-13H2,(H,21,24)/t15-/m0/s1. The maximum Gasteiger partial charge on any atom is 0.225 e. The molecule has 1 aromatic carbocycles. The molecule has 1 saturated heterocycles. The molecule has 4 nitrogen and oxygen atoms in total. The van der Waals surface area contributed by atoms with E-state index in [4.69, 9.17) is 11.6 Å². The molecule has 1 aliphatic carbocycles. The Labute approximate surface area is 148 Å². The highest BCUT2D eigenvalue weighted by atomic mass is 35.5. The van der Waals surface area contributed by atoms with E-state index in [9.17, 15) is 9.59 Å². The van der Waals surface area contributed by atoms with Crippen LogP contribution in [0, 0.1) is 5.92 Å². The molecule has 0 unspecified atom stereocenters. The van der Waals surface area contributed by atoms with Gasteiger partial charge in [0.05, 0.1) is 5.92 Å². The first-order chi connectivity index (χ1) is 11.6. The molecule has 2 amide bonds. The number of hydrogen-bond acceptors (Lipinski definition) is 2. The van der Waals surface area contributed by atoms with Crippen LogP contribution in [0.4, 0.5) is 0 Å². The molecule has 1 aliphatic heterocycles. The maximum atomic E-state index is 12.5. The van der Waals surface area contributed by atoms with E-state index in [2.05, 4.69) is 5.32 Å². The number of rotatable bonds is 4. The summed E-state index contributed by atoms with van der Waals surface area (Å²) in [6, 6.07) is 7.83. The lowest BCUT2D eigenvalue weighted by Crippen LogP contribution is -2.39. The summed E-state index contributed by atoms with van der Waals surface area (Å²) in [6.45, 7) is 0.967. The van der Waals surface area contributed by atoms with Gasteiger partial charge in [0.25, 0.3) is 0 Å². The summed E-state index contributed by atoms with van der Waals surface area (Å²) in [5, 5.41) is 3.84. The van der Waals surface area contributed by atoms with Gasteiger partial charge >= 0.3 is 0 Å². The minimum Gasteiger partial charge on any atom is -0.353 e. The number of amides is 2. The molecule has 1 saturated carbocycles. The number of carbonyl (C=O) groups excluding carboxylic acids is 2. The van der Waals surface area contributed by atoms with E-state index in [-0.39, 0.29) is 23.8 Å². The van der Waals surface area contributed by atoms with E-state index < -0.39 is 0 Å². The van der Waals surface area contributed by atoms with Crippen molar-refractivity contribution in [3.8, 4) is 0 Å². The van der Waals surface area contributed by atoms with Gasteiger partial charge in [0.15, 0.2) is 0 Å². The average molecular weight is 349 g/mol. The normalized spacial score (nSPS) is 22.5. The molecule has 5 heteroatoms. The molecule has 1 N–H and O–H groups in total. The van der Waals surface area contributed by atoms with Gasteiger partial charge in [-0.1, -0.05) is 55.5 Å². The second-order valence-electron chi connectivity index (χ2n) is 6.96. The predicted octanol–water partition coefficient (Wildman–Crippen LogP) is 3.53. The van der Waals surface area contributed by atoms with Crippen LogP contribution in [-0.4, -0.2) is 29.3 Å². The van der Waals surface area contributed by atoms with Crippen LogP contribution in [-0.2, 0) is 16.1 Å². The van der Waals surface area contributed by atoms with E-state index in [1.54, 1.807) is 4.90 Å². The van der Waals surface area contributed by atoms with E-state index in [1.807, 2.05) is 24.3 Å². The Morgan fingerprint density at radius 3 is 2.58 bits per heavy atom. The molecule has 0 bridgehead atoms. The zero-order valence-electron chi connectivity index (χ0n) is 14.0. The Kier molecular flexibility index (Phi) is 5.77. The van der Waals surface area contributed by atoms with E-state index in [0.717, 1.165) is 18.4 Å². The van der Waals surface area contributed by atoms with Gasteiger partial charge in [0.1, 0.15) is 0 Å². The van der Waals surface area contributed by atoms with Gasteiger partial charge < -0.3 is 10.2 Å². The SMILES string of the molecule is O=C(NC1CCCCCC1)[C@H]1CC(=O)N(Cc2ccccc2Cl)C1. The van der Waals surface area contributed by atoms with Crippen molar-refractivity contribution in [1.29, 1.82) is 0 Å². The predicted molar refractivity (Wildman–Crippen MR) is 94.6 cm³/mol. The molecule has 0 radical (unpaired) electrons. The van der Waals surface area contributed by atoms with Gasteiger partial charge in [-0.2, -0.15) is 0 Å². The third kappa shape index (κ3) is 4.29. The quantitative estimate of drug-likeness (QED) is 0.846. The van der Waals surface area contributed by atoms with Crippen LogP contribution in [0.2, 0.25) is 5.02 Å². The van der Waals surface area contributed by atoms with Crippen LogP contribution in [0.15, 0.2) is 24.3 Å². The number of benzene rings is 1. The van der Waals surface area contributed by atoms with Gasteiger partial charge in [-0.25, -0.2) is 0 Å². The fraction of sp³-hybridized carbons (Fsp3) is 0.579. The molecule has 1 aromatic rings. The van der Waals surface area contributed by atoms with E-state index in [1.165, 1.54) is 25.7 Å². The highest BCUT2D eigenvalue weighted by Gasteiger charge is 2.35. The lowest BCUT2D eigenvalue weighted by atomic mass is 10.0. The largest absolute Gasteiger partial charge is 0.353 e. The average Bonchev–Trinajstić information content (AvgIpc) is 2.77. The Bertz CT molecular complexity index is 597. The van der Waals surface area contributed by atoms with Crippen LogP contribution in [0.3, 0.4) is 0 Å². The molecule has 2 aliphatic rings. The van der Waals surface area contributed by atoms with Crippen molar-refractivity contribution in [2.75, 3.05) is 6.54 Å². The Morgan fingerprint density at radius 2 is 1.88 bits per heavy atom. The lowest BCUT2D eigenvalue weighted by Gasteiger charge is -2.20. The number of hydrogen-bond donors (Lipinski definition) is 1. The summed E-state index contributed by atoms with van der Waals surface area (Å²) in [6.07, 6.45) is 7.34. The summed E-state index contributed by atoms with van der Waals surface area (Å²) >= 11 is 6.18. The van der Waals surface area contributed by atoms with Crippen molar-refractivity contribution in [3.05, 3.63) is 34.9 Å². The van der Waals surface area contributed by atoms with Gasteiger partial charge in [-0.05, 0) is 24.5 Å². The summed E-state index contributed by atoms with van der Waals surface area (Å²) in [5.74, 6) is -0.156. The van der Waals surface area contributed by atoms with Crippen LogP contribution in [0.5, 0.6) is 0 Å².